The van der Waals surface area contributed by atoms with Gasteiger partial charge in [-0.25, -0.2) is 4.39 Å². The Kier molecular flexibility index (Phi) is 4.15. The minimum atomic E-state index is -0.320. The zero-order valence-corrected chi connectivity index (χ0v) is 10.1. The third-order valence-corrected chi connectivity index (χ3v) is 3.15. The van der Waals surface area contributed by atoms with E-state index < -0.39 is 0 Å². The van der Waals surface area contributed by atoms with Crippen molar-refractivity contribution < 1.29 is 13.9 Å². The molecule has 2 rings (SSSR count). The molecular formula is C13H17FN2O2. The van der Waals surface area contributed by atoms with E-state index >= 15 is 0 Å². The molecule has 1 fully saturated rings. The average molecular weight is 252 g/mol. The Morgan fingerprint density at radius 1 is 1.44 bits per heavy atom. The Morgan fingerprint density at radius 2 is 2.17 bits per heavy atom. The molecule has 1 aliphatic heterocycles. The van der Waals surface area contributed by atoms with Crippen LogP contribution in [0.2, 0.25) is 0 Å². The lowest BCUT2D eigenvalue weighted by Crippen LogP contribution is -2.33. The topological polar surface area (TPSA) is 55.6 Å². The quantitative estimate of drug-likeness (QED) is 0.870. The molecule has 98 valence electrons. The highest BCUT2D eigenvalue weighted by molar-refractivity contribution is 5.78. The summed E-state index contributed by atoms with van der Waals surface area (Å²) in [6.45, 7) is 2.06. The normalized spacial score (nSPS) is 19.0. The largest absolute Gasteiger partial charge is 0.484 e. The van der Waals surface area contributed by atoms with Crippen LogP contribution in [-0.4, -0.2) is 37.0 Å². The standard InChI is InChI=1S/C13H17FN2O2/c14-11-1-3-12(4-2-11)18-9-13(17)16-6-5-10(7-15)8-16/h1-4,10H,5-9,15H2/t10-/m1/s1. The molecule has 4 nitrogen and oxygen atoms in total. The molecule has 0 unspecified atom stereocenters. The first-order valence-electron chi connectivity index (χ1n) is 6.05. The Bertz CT molecular complexity index is 408. The maximum absolute atomic E-state index is 12.7. The van der Waals surface area contributed by atoms with E-state index in [-0.39, 0.29) is 18.3 Å². The highest BCUT2D eigenvalue weighted by Gasteiger charge is 2.25. The fourth-order valence-corrected chi connectivity index (χ4v) is 2.02. The lowest BCUT2D eigenvalue weighted by molar-refractivity contribution is -0.132. The van der Waals surface area contributed by atoms with Crippen LogP contribution >= 0.6 is 0 Å². The van der Waals surface area contributed by atoms with Gasteiger partial charge in [-0.05, 0) is 43.1 Å². The highest BCUT2D eigenvalue weighted by Crippen LogP contribution is 2.16. The Hall–Kier alpha value is -1.62. The van der Waals surface area contributed by atoms with Crippen LogP contribution in [0.1, 0.15) is 6.42 Å². The van der Waals surface area contributed by atoms with Crippen LogP contribution < -0.4 is 10.5 Å². The van der Waals surface area contributed by atoms with Crippen LogP contribution in [-0.2, 0) is 4.79 Å². The molecule has 0 aliphatic carbocycles. The first kappa shape index (κ1) is 12.8. The van der Waals surface area contributed by atoms with Crippen LogP contribution in [0.4, 0.5) is 4.39 Å². The van der Waals surface area contributed by atoms with E-state index in [1.165, 1.54) is 24.3 Å². The maximum atomic E-state index is 12.7. The van der Waals surface area contributed by atoms with Gasteiger partial charge in [0, 0.05) is 13.1 Å². The Balaban J connectivity index is 1.80. The van der Waals surface area contributed by atoms with Crippen molar-refractivity contribution in [3.8, 4) is 5.75 Å². The monoisotopic (exact) mass is 252 g/mol. The Morgan fingerprint density at radius 3 is 2.78 bits per heavy atom. The van der Waals surface area contributed by atoms with Gasteiger partial charge in [-0.1, -0.05) is 0 Å². The number of hydrogen-bond donors (Lipinski definition) is 1. The summed E-state index contributed by atoms with van der Waals surface area (Å²) in [4.78, 5) is 13.6. The summed E-state index contributed by atoms with van der Waals surface area (Å²) >= 11 is 0. The van der Waals surface area contributed by atoms with Gasteiger partial charge in [0.1, 0.15) is 11.6 Å². The maximum Gasteiger partial charge on any atom is 0.260 e. The van der Waals surface area contributed by atoms with Gasteiger partial charge in [-0.2, -0.15) is 0 Å². The fourth-order valence-electron chi connectivity index (χ4n) is 2.02. The van der Waals surface area contributed by atoms with E-state index in [9.17, 15) is 9.18 Å². The minimum Gasteiger partial charge on any atom is -0.484 e. The molecule has 2 N–H and O–H groups in total. The minimum absolute atomic E-state index is 0.0110. The summed E-state index contributed by atoms with van der Waals surface area (Å²) in [6.07, 6.45) is 0.957. The summed E-state index contributed by atoms with van der Waals surface area (Å²) in [7, 11) is 0. The van der Waals surface area contributed by atoms with Crippen molar-refractivity contribution >= 4 is 5.91 Å². The van der Waals surface area contributed by atoms with Gasteiger partial charge in [-0.15, -0.1) is 0 Å². The summed E-state index contributed by atoms with van der Waals surface area (Å²) in [5.41, 5.74) is 5.57. The van der Waals surface area contributed by atoms with E-state index in [0.29, 0.717) is 24.8 Å². The smallest absolute Gasteiger partial charge is 0.260 e. The molecule has 0 radical (unpaired) electrons. The molecule has 5 heteroatoms. The molecule has 1 aromatic rings. The second kappa shape index (κ2) is 5.82. The molecule has 1 saturated heterocycles. The molecule has 0 spiro atoms. The molecule has 18 heavy (non-hydrogen) atoms. The van der Waals surface area contributed by atoms with Crippen LogP contribution in [0, 0.1) is 11.7 Å². The number of benzene rings is 1. The number of likely N-dealkylation sites (tertiary alicyclic amines) is 1. The number of ether oxygens (including phenoxy) is 1. The van der Waals surface area contributed by atoms with E-state index in [1.807, 2.05) is 0 Å². The molecule has 1 heterocycles. The third-order valence-electron chi connectivity index (χ3n) is 3.15. The molecule has 1 atom stereocenters. The predicted molar refractivity (Wildman–Crippen MR) is 65.6 cm³/mol. The van der Waals surface area contributed by atoms with Crippen molar-refractivity contribution in [3.05, 3.63) is 30.1 Å². The number of carbonyl (C=O) groups is 1. The molecule has 1 amide bonds. The second-order valence-electron chi connectivity index (χ2n) is 4.47. The van der Waals surface area contributed by atoms with Gasteiger partial charge in [0.2, 0.25) is 0 Å². The van der Waals surface area contributed by atoms with Crippen LogP contribution in [0.15, 0.2) is 24.3 Å². The number of carbonyl (C=O) groups excluding carboxylic acids is 1. The zero-order valence-electron chi connectivity index (χ0n) is 10.1. The Labute approximate surface area is 106 Å². The molecule has 0 aromatic heterocycles. The molecular weight excluding hydrogens is 235 g/mol. The first-order valence-corrected chi connectivity index (χ1v) is 6.05. The van der Waals surface area contributed by atoms with Crippen molar-refractivity contribution in [2.24, 2.45) is 11.7 Å². The molecule has 1 aromatic carbocycles. The number of nitrogens with zero attached hydrogens (tertiary/aromatic N) is 1. The van der Waals surface area contributed by atoms with Crippen molar-refractivity contribution in [1.29, 1.82) is 0 Å². The van der Waals surface area contributed by atoms with Gasteiger partial charge in [0.25, 0.3) is 5.91 Å². The number of rotatable bonds is 4. The number of hydrogen-bond acceptors (Lipinski definition) is 3. The highest BCUT2D eigenvalue weighted by atomic mass is 19.1. The van der Waals surface area contributed by atoms with Gasteiger partial charge in [0.15, 0.2) is 6.61 Å². The summed E-state index contributed by atoms with van der Waals surface area (Å²) in [6, 6.07) is 5.63. The number of halogens is 1. The van der Waals surface area contributed by atoms with Gasteiger partial charge < -0.3 is 15.4 Å². The predicted octanol–water partition coefficient (Wildman–Crippen LogP) is 1.01. The van der Waals surface area contributed by atoms with Crippen LogP contribution in [0.25, 0.3) is 0 Å². The van der Waals surface area contributed by atoms with E-state index in [4.69, 9.17) is 10.5 Å². The molecule has 0 saturated carbocycles. The van der Waals surface area contributed by atoms with Gasteiger partial charge in [0.05, 0.1) is 0 Å². The van der Waals surface area contributed by atoms with E-state index in [1.54, 1.807) is 4.90 Å². The van der Waals surface area contributed by atoms with Crippen LogP contribution in [0.5, 0.6) is 5.75 Å². The number of nitrogens with two attached hydrogens (primary N) is 1. The molecule has 0 bridgehead atoms. The van der Waals surface area contributed by atoms with Gasteiger partial charge in [-0.3, -0.25) is 4.79 Å². The zero-order chi connectivity index (χ0) is 13.0. The second-order valence-corrected chi connectivity index (χ2v) is 4.47. The van der Waals surface area contributed by atoms with E-state index in [0.717, 1.165) is 13.0 Å². The van der Waals surface area contributed by atoms with Crippen molar-refractivity contribution in [3.63, 3.8) is 0 Å². The van der Waals surface area contributed by atoms with Crippen molar-refractivity contribution in [2.75, 3.05) is 26.2 Å². The number of amides is 1. The van der Waals surface area contributed by atoms with Gasteiger partial charge >= 0.3 is 0 Å². The lowest BCUT2D eigenvalue weighted by Gasteiger charge is -2.16. The summed E-state index contributed by atoms with van der Waals surface area (Å²) in [5, 5.41) is 0. The SMILES string of the molecule is NC[C@H]1CCN(C(=O)COc2ccc(F)cc2)C1. The summed E-state index contributed by atoms with van der Waals surface area (Å²) < 4.78 is 18.0. The first-order chi connectivity index (χ1) is 8.69. The summed E-state index contributed by atoms with van der Waals surface area (Å²) in [5.74, 6) is 0.536. The van der Waals surface area contributed by atoms with Crippen LogP contribution in [0.3, 0.4) is 0 Å². The lowest BCUT2D eigenvalue weighted by atomic mass is 10.1. The van der Waals surface area contributed by atoms with Crippen molar-refractivity contribution in [2.45, 2.75) is 6.42 Å². The average Bonchev–Trinajstić information content (AvgIpc) is 2.86. The fraction of sp³-hybridized carbons (Fsp3) is 0.462. The van der Waals surface area contributed by atoms with E-state index in [2.05, 4.69) is 0 Å². The van der Waals surface area contributed by atoms with Crippen molar-refractivity contribution in [1.82, 2.24) is 4.90 Å². The molecule has 1 aliphatic rings. The third kappa shape index (κ3) is 3.20.